The maximum absolute atomic E-state index is 12.3. The molecule has 33 heavy (non-hydrogen) atoms. The number of benzene rings is 3. The molecule has 0 unspecified atom stereocenters. The molecule has 0 radical (unpaired) electrons. The van der Waals surface area contributed by atoms with Crippen LogP contribution in [0.1, 0.15) is 30.4 Å². The number of nitrogens with zero attached hydrogens (tertiary/aromatic N) is 1. The molecule has 3 aromatic carbocycles. The summed E-state index contributed by atoms with van der Waals surface area (Å²) in [5.74, 6) is 0.800. The van der Waals surface area contributed by atoms with Crippen molar-refractivity contribution < 1.29 is 14.3 Å². The third-order valence-corrected chi connectivity index (χ3v) is 6.14. The smallest absolute Gasteiger partial charge is 0.224 e. The first-order chi connectivity index (χ1) is 16.2. The molecule has 0 aromatic heterocycles. The average molecular weight is 442 g/mol. The van der Waals surface area contributed by atoms with E-state index in [1.807, 2.05) is 30.3 Å². The lowest BCUT2D eigenvalue weighted by atomic mass is 10.0. The molecule has 3 aromatic rings. The molecule has 0 saturated carbocycles. The fraction of sp³-hybridized carbons (Fsp3) is 0.259. The van der Waals surface area contributed by atoms with Crippen LogP contribution in [0, 0.1) is 0 Å². The van der Waals surface area contributed by atoms with Crippen LogP contribution < -0.4 is 20.3 Å². The number of nitrogens with one attached hydrogen (secondary N) is 2. The van der Waals surface area contributed by atoms with Gasteiger partial charge in [-0.2, -0.15) is 0 Å². The van der Waals surface area contributed by atoms with Gasteiger partial charge >= 0.3 is 0 Å². The molecule has 6 heteroatoms. The van der Waals surface area contributed by atoms with Gasteiger partial charge in [-0.3, -0.25) is 9.59 Å². The normalized spacial score (nSPS) is 14.3. The Morgan fingerprint density at radius 3 is 2.70 bits per heavy atom. The van der Waals surface area contributed by atoms with E-state index in [2.05, 4.69) is 51.9 Å². The zero-order chi connectivity index (χ0) is 22.6. The van der Waals surface area contributed by atoms with Crippen molar-refractivity contribution in [3.63, 3.8) is 0 Å². The Morgan fingerprint density at radius 1 is 0.970 bits per heavy atom. The van der Waals surface area contributed by atoms with Gasteiger partial charge in [0.2, 0.25) is 11.8 Å². The van der Waals surface area contributed by atoms with E-state index in [1.165, 1.54) is 11.3 Å². The molecule has 2 aliphatic heterocycles. The number of carbonyl (C=O) groups is 2. The molecule has 0 atom stereocenters. The minimum atomic E-state index is -0.0222. The second kappa shape index (κ2) is 9.36. The lowest BCUT2D eigenvalue weighted by molar-refractivity contribution is -0.117. The molecule has 0 bridgehead atoms. The number of hydrogen-bond acceptors (Lipinski definition) is 4. The summed E-state index contributed by atoms with van der Waals surface area (Å²) in [6.07, 6.45) is 3.30. The van der Waals surface area contributed by atoms with Gasteiger partial charge in [0.1, 0.15) is 5.75 Å². The van der Waals surface area contributed by atoms with Crippen molar-refractivity contribution in [2.75, 3.05) is 28.7 Å². The van der Waals surface area contributed by atoms with E-state index in [4.69, 9.17) is 4.74 Å². The van der Waals surface area contributed by atoms with E-state index in [9.17, 15) is 9.59 Å². The van der Waals surface area contributed by atoms with Gasteiger partial charge in [0.05, 0.1) is 6.61 Å². The summed E-state index contributed by atoms with van der Waals surface area (Å²) in [5.41, 5.74) is 6.52. The Kier molecular flexibility index (Phi) is 5.98. The first kappa shape index (κ1) is 21.1. The van der Waals surface area contributed by atoms with Gasteiger partial charge in [-0.15, -0.1) is 0 Å². The number of anilines is 4. The number of para-hydroxylation sites is 1. The topological polar surface area (TPSA) is 70.7 Å². The van der Waals surface area contributed by atoms with Gasteiger partial charge in [0.15, 0.2) is 0 Å². The summed E-state index contributed by atoms with van der Waals surface area (Å²) in [7, 11) is 0. The molecule has 0 fully saturated rings. The maximum atomic E-state index is 12.3. The Bertz CT molecular complexity index is 1170. The highest BCUT2D eigenvalue weighted by molar-refractivity contribution is 5.94. The van der Waals surface area contributed by atoms with Crippen molar-refractivity contribution in [2.24, 2.45) is 0 Å². The van der Waals surface area contributed by atoms with Gasteiger partial charge in [-0.25, -0.2) is 0 Å². The molecule has 2 aliphatic rings. The molecule has 0 aliphatic carbocycles. The summed E-state index contributed by atoms with van der Waals surface area (Å²) < 4.78 is 5.80. The van der Waals surface area contributed by atoms with Crippen molar-refractivity contribution in [1.29, 1.82) is 0 Å². The van der Waals surface area contributed by atoms with E-state index in [0.717, 1.165) is 47.8 Å². The zero-order valence-corrected chi connectivity index (χ0v) is 18.5. The number of fused-ring (bicyclic) bond motifs is 2. The fourth-order valence-electron chi connectivity index (χ4n) is 4.43. The van der Waals surface area contributed by atoms with E-state index in [-0.39, 0.29) is 11.8 Å². The van der Waals surface area contributed by atoms with Gasteiger partial charge in [-0.1, -0.05) is 18.2 Å². The highest BCUT2D eigenvalue weighted by Crippen LogP contribution is 2.34. The number of carbonyl (C=O) groups excluding carboxylic acids is 2. The lowest BCUT2D eigenvalue weighted by Crippen LogP contribution is -2.18. The largest absolute Gasteiger partial charge is 0.494 e. The summed E-state index contributed by atoms with van der Waals surface area (Å²) in [6, 6.07) is 22.2. The van der Waals surface area contributed by atoms with Gasteiger partial charge in [-0.05, 0) is 78.9 Å². The van der Waals surface area contributed by atoms with Crippen LogP contribution in [0.2, 0.25) is 0 Å². The van der Waals surface area contributed by atoms with E-state index >= 15 is 0 Å². The molecule has 168 valence electrons. The number of amides is 2. The summed E-state index contributed by atoms with van der Waals surface area (Å²) >= 11 is 0. The van der Waals surface area contributed by atoms with Gasteiger partial charge in [0.25, 0.3) is 0 Å². The Morgan fingerprint density at radius 2 is 1.82 bits per heavy atom. The second-order valence-electron chi connectivity index (χ2n) is 8.44. The highest BCUT2D eigenvalue weighted by atomic mass is 16.5. The fourth-order valence-corrected chi connectivity index (χ4v) is 4.43. The minimum absolute atomic E-state index is 0.0222. The maximum Gasteiger partial charge on any atom is 0.224 e. The van der Waals surface area contributed by atoms with Crippen molar-refractivity contribution in [1.82, 2.24) is 0 Å². The van der Waals surface area contributed by atoms with Crippen LogP contribution in [0.25, 0.3) is 0 Å². The van der Waals surface area contributed by atoms with Crippen molar-refractivity contribution in [2.45, 2.75) is 32.1 Å². The van der Waals surface area contributed by atoms with Crippen LogP contribution >= 0.6 is 0 Å². The number of ether oxygens (including phenoxy) is 1. The average Bonchev–Trinajstić information content (AvgIpc) is 3.26. The van der Waals surface area contributed by atoms with Gasteiger partial charge in [0, 0.05) is 42.1 Å². The standard InChI is InChI=1S/C27H27N3O3/c31-26(6-3-17-33-23-12-13-24-20(18-23)7-14-27(32)29-24)28-21-8-10-22(11-9-21)30-16-15-19-4-1-2-5-25(19)30/h1-2,4-5,8-13,18H,3,6-7,14-17H2,(H,28,31)(H,29,32). The SMILES string of the molecule is O=C(CCCOc1ccc2c(c1)CCC(=O)N2)Nc1ccc(N2CCc3ccccc32)cc1. The molecule has 5 rings (SSSR count). The van der Waals surface area contributed by atoms with Crippen LogP contribution in [0.5, 0.6) is 5.75 Å². The van der Waals surface area contributed by atoms with E-state index in [0.29, 0.717) is 25.9 Å². The van der Waals surface area contributed by atoms with Crippen LogP contribution in [0.15, 0.2) is 66.7 Å². The Labute approximate surface area is 193 Å². The molecule has 6 nitrogen and oxygen atoms in total. The Balaban J connectivity index is 1.08. The van der Waals surface area contributed by atoms with Crippen molar-refractivity contribution in [3.05, 3.63) is 77.9 Å². The molecule has 2 amide bonds. The van der Waals surface area contributed by atoms with Crippen LogP contribution in [-0.4, -0.2) is 25.0 Å². The minimum Gasteiger partial charge on any atom is -0.494 e. The van der Waals surface area contributed by atoms with E-state index in [1.54, 1.807) is 0 Å². The molecule has 2 N–H and O–H groups in total. The monoisotopic (exact) mass is 441 g/mol. The third-order valence-electron chi connectivity index (χ3n) is 6.14. The van der Waals surface area contributed by atoms with Gasteiger partial charge < -0.3 is 20.3 Å². The number of rotatable bonds is 7. The molecular weight excluding hydrogens is 414 g/mol. The van der Waals surface area contributed by atoms with Crippen molar-refractivity contribution >= 4 is 34.6 Å². The third kappa shape index (κ3) is 4.85. The van der Waals surface area contributed by atoms with Crippen molar-refractivity contribution in [3.8, 4) is 5.75 Å². The predicted molar refractivity (Wildman–Crippen MR) is 130 cm³/mol. The summed E-state index contributed by atoms with van der Waals surface area (Å²) in [5, 5.41) is 5.84. The number of hydrogen-bond donors (Lipinski definition) is 2. The van der Waals surface area contributed by atoms with Crippen LogP contribution in [-0.2, 0) is 22.4 Å². The highest BCUT2D eigenvalue weighted by Gasteiger charge is 2.19. The summed E-state index contributed by atoms with van der Waals surface area (Å²) in [4.78, 5) is 26.1. The lowest BCUT2D eigenvalue weighted by Gasteiger charge is -2.20. The molecular formula is C27H27N3O3. The first-order valence-corrected chi connectivity index (χ1v) is 11.5. The predicted octanol–water partition coefficient (Wildman–Crippen LogP) is 5.06. The Hall–Kier alpha value is -3.80. The quantitative estimate of drug-likeness (QED) is 0.503. The first-order valence-electron chi connectivity index (χ1n) is 11.5. The zero-order valence-electron chi connectivity index (χ0n) is 18.5. The second-order valence-corrected chi connectivity index (χ2v) is 8.44. The number of aryl methyl sites for hydroxylation is 1. The van der Waals surface area contributed by atoms with Crippen LogP contribution in [0.3, 0.4) is 0 Å². The van der Waals surface area contributed by atoms with E-state index < -0.39 is 0 Å². The molecule has 0 saturated heterocycles. The molecule has 2 heterocycles. The summed E-state index contributed by atoms with van der Waals surface area (Å²) in [6.45, 7) is 1.44. The van der Waals surface area contributed by atoms with Crippen LogP contribution in [0.4, 0.5) is 22.7 Å². The molecule has 0 spiro atoms.